The summed E-state index contributed by atoms with van der Waals surface area (Å²) in [5.41, 5.74) is 0.331. The first kappa shape index (κ1) is 13.9. The number of carbonyl (C=O) groups is 1. The number of hydrogen-bond donors (Lipinski definition) is 2. The van der Waals surface area contributed by atoms with Crippen molar-refractivity contribution >= 4 is 16.7 Å². The van der Waals surface area contributed by atoms with E-state index >= 15 is 0 Å². The maximum atomic E-state index is 12.6. The van der Waals surface area contributed by atoms with Gasteiger partial charge in [0.2, 0.25) is 0 Å². The van der Waals surface area contributed by atoms with Crippen LogP contribution in [0.25, 0.3) is 10.8 Å². The summed E-state index contributed by atoms with van der Waals surface area (Å²) < 4.78 is 0. The second-order valence-electron chi connectivity index (χ2n) is 5.80. The smallest absolute Gasteiger partial charge is 0.257 e. The number of aliphatic hydroxyl groups is 1. The Hall–Kier alpha value is -2.07. The average Bonchev–Trinajstić information content (AvgIpc) is 2.48. The molecule has 2 aromatic carbocycles. The van der Waals surface area contributed by atoms with Crippen LogP contribution in [0.4, 0.5) is 0 Å². The molecule has 4 heteroatoms. The first-order valence-electron chi connectivity index (χ1n) is 7.25. The minimum absolute atomic E-state index is 0.0116. The van der Waals surface area contributed by atoms with Crippen LogP contribution < -0.4 is 0 Å². The van der Waals surface area contributed by atoms with E-state index in [1.165, 1.54) is 0 Å². The van der Waals surface area contributed by atoms with E-state index in [0.717, 1.165) is 10.8 Å². The molecule has 2 atom stereocenters. The summed E-state index contributed by atoms with van der Waals surface area (Å²) in [5.74, 6) is -0.0974. The number of fused-ring (bicyclic) bond motifs is 1. The van der Waals surface area contributed by atoms with Gasteiger partial charge in [0.25, 0.3) is 5.91 Å². The van der Waals surface area contributed by atoms with E-state index in [1.807, 2.05) is 31.2 Å². The molecule has 0 aliphatic carbocycles. The second kappa shape index (κ2) is 5.37. The van der Waals surface area contributed by atoms with Crippen LogP contribution >= 0.6 is 0 Å². The molecule has 0 aromatic heterocycles. The lowest BCUT2D eigenvalue weighted by molar-refractivity contribution is 0.0296. The highest BCUT2D eigenvalue weighted by Gasteiger charge is 2.28. The van der Waals surface area contributed by atoms with Crippen LogP contribution in [0.3, 0.4) is 0 Å². The number of hydrogen-bond acceptors (Lipinski definition) is 3. The van der Waals surface area contributed by atoms with Crippen molar-refractivity contribution < 1.29 is 15.0 Å². The fourth-order valence-corrected chi connectivity index (χ4v) is 2.89. The Balaban J connectivity index is 1.92. The first-order chi connectivity index (χ1) is 10.1. The molecule has 1 aliphatic rings. The monoisotopic (exact) mass is 285 g/mol. The van der Waals surface area contributed by atoms with E-state index in [4.69, 9.17) is 0 Å². The zero-order valence-corrected chi connectivity index (χ0v) is 12.0. The highest BCUT2D eigenvalue weighted by molar-refractivity contribution is 6.01. The molecule has 1 fully saturated rings. The van der Waals surface area contributed by atoms with Gasteiger partial charge in [0.05, 0.1) is 11.7 Å². The quantitative estimate of drug-likeness (QED) is 0.845. The summed E-state index contributed by atoms with van der Waals surface area (Å²) >= 11 is 0. The maximum Gasteiger partial charge on any atom is 0.257 e. The third-order valence-electron chi connectivity index (χ3n) is 4.24. The van der Waals surface area contributed by atoms with Crippen LogP contribution in [-0.4, -0.2) is 40.2 Å². The van der Waals surface area contributed by atoms with Crippen molar-refractivity contribution in [1.82, 2.24) is 4.90 Å². The van der Waals surface area contributed by atoms with Crippen molar-refractivity contribution in [2.24, 2.45) is 5.92 Å². The lowest BCUT2D eigenvalue weighted by Gasteiger charge is -2.34. The van der Waals surface area contributed by atoms with E-state index in [2.05, 4.69) is 0 Å². The predicted octanol–water partition coefficient (Wildman–Crippen LogP) is 2.39. The van der Waals surface area contributed by atoms with Crippen molar-refractivity contribution in [2.45, 2.75) is 19.4 Å². The molecular formula is C17H19NO3. The Morgan fingerprint density at radius 3 is 2.57 bits per heavy atom. The fraction of sp³-hybridized carbons (Fsp3) is 0.353. The van der Waals surface area contributed by atoms with Crippen molar-refractivity contribution in [3.05, 3.63) is 42.0 Å². The lowest BCUT2D eigenvalue weighted by atomic mass is 9.96. The van der Waals surface area contributed by atoms with Gasteiger partial charge in [0.15, 0.2) is 0 Å². The molecule has 2 N–H and O–H groups in total. The maximum absolute atomic E-state index is 12.6. The summed E-state index contributed by atoms with van der Waals surface area (Å²) in [4.78, 5) is 14.3. The molecule has 21 heavy (non-hydrogen) atoms. The molecule has 2 unspecified atom stereocenters. The zero-order valence-electron chi connectivity index (χ0n) is 12.0. The van der Waals surface area contributed by atoms with Crippen LogP contribution in [-0.2, 0) is 0 Å². The number of nitrogens with zero attached hydrogens (tertiary/aromatic N) is 1. The number of likely N-dealkylation sites (tertiary alicyclic amines) is 1. The minimum Gasteiger partial charge on any atom is -0.507 e. The van der Waals surface area contributed by atoms with Crippen molar-refractivity contribution in [3.8, 4) is 5.75 Å². The van der Waals surface area contributed by atoms with E-state index in [9.17, 15) is 15.0 Å². The predicted molar refractivity (Wildman–Crippen MR) is 81.3 cm³/mol. The van der Waals surface area contributed by atoms with Crippen LogP contribution in [0.5, 0.6) is 5.75 Å². The highest BCUT2D eigenvalue weighted by Crippen LogP contribution is 2.27. The molecule has 0 bridgehead atoms. The number of piperidine rings is 1. The number of phenols is 1. The number of carbonyl (C=O) groups excluding carboxylic acids is 1. The van der Waals surface area contributed by atoms with Crippen molar-refractivity contribution in [1.29, 1.82) is 0 Å². The lowest BCUT2D eigenvalue weighted by Crippen LogP contribution is -2.44. The molecule has 110 valence electrons. The van der Waals surface area contributed by atoms with Gasteiger partial charge in [-0.1, -0.05) is 31.2 Å². The highest BCUT2D eigenvalue weighted by atomic mass is 16.3. The van der Waals surface area contributed by atoms with E-state index in [-0.39, 0.29) is 23.7 Å². The van der Waals surface area contributed by atoms with Crippen LogP contribution in [0.1, 0.15) is 23.7 Å². The zero-order chi connectivity index (χ0) is 15.0. The SMILES string of the molecule is CC1CN(C(=O)c2cc3ccccc3cc2O)CCC1O. The molecule has 1 aliphatic heterocycles. The molecule has 0 spiro atoms. The van der Waals surface area contributed by atoms with Gasteiger partial charge in [-0.05, 0) is 35.2 Å². The van der Waals surface area contributed by atoms with Crippen molar-refractivity contribution in [3.63, 3.8) is 0 Å². The summed E-state index contributed by atoms with van der Waals surface area (Å²) in [6, 6.07) is 11.0. The largest absolute Gasteiger partial charge is 0.507 e. The van der Waals surface area contributed by atoms with E-state index in [0.29, 0.717) is 25.1 Å². The Kier molecular flexibility index (Phi) is 3.55. The summed E-state index contributed by atoms with van der Waals surface area (Å²) in [6.07, 6.45) is 0.237. The normalized spacial score (nSPS) is 22.5. The second-order valence-corrected chi connectivity index (χ2v) is 5.80. The van der Waals surface area contributed by atoms with E-state index < -0.39 is 0 Å². The van der Waals surface area contributed by atoms with Gasteiger partial charge in [-0.3, -0.25) is 4.79 Å². The number of phenolic OH excluding ortho intramolecular Hbond substituents is 1. The third-order valence-corrected chi connectivity index (χ3v) is 4.24. The van der Waals surface area contributed by atoms with Gasteiger partial charge < -0.3 is 15.1 Å². The Bertz CT molecular complexity index is 683. The molecular weight excluding hydrogens is 266 g/mol. The van der Waals surface area contributed by atoms with Gasteiger partial charge in [-0.2, -0.15) is 0 Å². The molecule has 0 saturated carbocycles. The average molecular weight is 285 g/mol. The Labute approximate surface area is 123 Å². The van der Waals surface area contributed by atoms with Gasteiger partial charge in [-0.15, -0.1) is 0 Å². The summed E-state index contributed by atoms with van der Waals surface area (Å²) in [6.45, 7) is 2.98. The molecule has 1 saturated heterocycles. The van der Waals surface area contributed by atoms with Crippen molar-refractivity contribution in [2.75, 3.05) is 13.1 Å². The van der Waals surface area contributed by atoms with Crippen LogP contribution in [0.15, 0.2) is 36.4 Å². The van der Waals surface area contributed by atoms with E-state index in [1.54, 1.807) is 17.0 Å². The Morgan fingerprint density at radius 1 is 1.24 bits per heavy atom. The topological polar surface area (TPSA) is 60.8 Å². The standard InChI is InChI=1S/C17H19NO3/c1-11-10-18(7-6-15(11)19)17(21)14-8-12-4-2-3-5-13(12)9-16(14)20/h2-5,8-9,11,15,19-20H,6-7,10H2,1H3. The first-order valence-corrected chi connectivity index (χ1v) is 7.25. The fourth-order valence-electron chi connectivity index (χ4n) is 2.89. The summed E-state index contributed by atoms with van der Waals surface area (Å²) in [7, 11) is 0. The minimum atomic E-state index is -0.348. The molecule has 3 rings (SSSR count). The molecule has 2 aromatic rings. The number of rotatable bonds is 1. The number of amides is 1. The number of benzene rings is 2. The molecule has 0 radical (unpaired) electrons. The van der Waals surface area contributed by atoms with Gasteiger partial charge in [-0.25, -0.2) is 0 Å². The molecule has 1 amide bonds. The van der Waals surface area contributed by atoms with Crippen LogP contribution in [0, 0.1) is 5.92 Å². The third kappa shape index (κ3) is 2.59. The number of aliphatic hydroxyl groups excluding tert-OH is 1. The summed E-state index contributed by atoms with van der Waals surface area (Å²) in [5, 5.41) is 21.7. The van der Waals surface area contributed by atoms with Gasteiger partial charge >= 0.3 is 0 Å². The van der Waals surface area contributed by atoms with Gasteiger partial charge in [0, 0.05) is 13.1 Å². The molecule has 4 nitrogen and oxygen atoms in total. The molecule has 1 heterocycles. The van der Waals surface area contributed by atoms with Crippen LogP contribution in [0.2, 0.25) is 0 Å². The van der Waals surface area contributed by atoms with Gasteiger partial charge in [0.1, 0.15) is 5.75 Å². The number of aromatic hydroxyl groups is 1. The Morgan fingerprint density at radius 2 is 1.90 bits per heavy atom.